The van der Waals surface area contributed by atoms with Crippen LogP contribution in [0.4, 0.5) is 24.5 Å². The van der Waals surface area contributed by atoms with E-state index in [9.17, 15) is 31.2 Å². The molecule has 1 fully saturated rings. The van der Waals surface area contributed by atoms with E-state index in [1.165, 1.54) is 12.1 Å². The fraction of sp³-hybridized carbons (Fsp3) is 0.296. The minimum absolute atomic E-state index is 0.0454. The van der Waals surface area contributed by atoms with E-state index in [-0.39, 0.29) is 29.7 Å². The van der Waals surface area contributed by atoms with Crippen LogP contribution in [0.2, 0.25) is 5.02 Å². The summed E-state index contributed by atoms with van der Waals surface area (Å²) in [6, 6.07) is 11.1. The molecule has 212 valence electrons. The van der Waals surface area contributed by atoms with Crippen molar-refractivity contribution in [3.63, 3.8) is 0 Å². The fourth-order valence-electron chi connectivity index (χ4n) is 4.26. The molecule has 0 atom stereocenters. The maximum atomic E-state index is 13.5. The van der Waals surface area contributed by atoms with Crippen molar-refractivity contribution in [2.45, 2.75) is 37.4 Å². The zero-order valence-electron chi connectivity index (χ0n) is 21.4. The number of nitrogens with zero attached hydrogens (tertiary/aromatic N) is 3. The molecule has 0 radical (unpaired) electrons. The Morgan fingerprint density at radius 3 is 2.45 bits per heavy atom. The van der Waals surface area contributed by atoms with E-state index < -0.39 is 39.0 Å². The van der Waals surface area contributed by atoms with E-state index in [0.717, 1.165) is 22.9 Å². The molecule has 0 unspecified atom stereocenters. The first kappa shape index (κ1) is 29.5. The second-order valence-electron chi connectivity index (χ2n) is 9.22. The number of rotatable bonds is 10. The predicted molar refractivity (Wildman–Crippen MR) is 145 cm³/mol. The van der Waals surface area contributed by atoms with Gasteiger partial charge in [0.1, 0.15) is 0 Å². The SMILES string of the molecule is Cc1c(Cl)cccc1N(CC(=O)CNCc1ccc(N2CCCC2=O)cn1)S(=O)(=O)c1ccc(C(F)(F)F)cc1. The molecule has 8 nitrogen and oxygen atoms in total. The number of carbonyl (C=O) groups excluding carboxylic acids is 2. The third kappa shape index (κ3) is 6.62. The van der Waals surface area contributed by atoms with Gasteiger partial charge in [0.25, 0.3) is 10.0 Å². The molecule has 2 aromatic carbocycles. The standard InChI is InChI=1S/C27H26ClF3N4O4S/c1-18-24(28)4-2-5-25(18)35(40(38,39)23-11-7-19(8-12-23)27(29,30)31)17-22(36)16-32-14-20-9-10-21(15-33-20)34-13-3-6-26(34)37/h2,4-5,7-12,15,32H,3,6,13-14,16-17H2,1H3. The lowest BCUT2D eigenvalue weighted by Crippen LogP contribution is -2.39. The van der Waals surface area contributed by atoms with Crippen molar-refractivity contribution in [2.24, 2.45) is 0 Å². The minimum Gasteiger partial charge on any atom is -0.311 e. The molecular formula is C27H26ClF3N4O4S. The van der Waals surface area contributed by atoms with Crippen molar-refractivity contribution in [3.05, 3.63) is 82.6 Å². The number of carbonyl (C=O) groups is 2. The van der Waals surface area contributed by atoms with Gasteiger partial charge in [-0.3, -0.25) is 18.9 Å². The quantitative estimate of drug-likeness (QED) is 0.364. The van der Waals surface area contributed by atoms with Crippen molar-refractivity contribution in [1.29, 1.82) is 0 Å². The topological polar surface area (TPSA) is 99.7 Å². The molecule has 1 amide bonds. The smallest absolute Gasteiger partial charge is 0.311 e. The van der Waals surface area contributed by atoms with Crippen LogP contribution in [0.15, 0.2) is 65.7 Å². The average Bonchev–Trinajstić information content (AvgIpc) is 3.35. The summed E-state index contributed by atoms with van der Waals surface area (Å²) < 4.78 is 67.0. The highest BCUT2D eigenvalue weighted by atomic mass is 35.5. The van der Waals surface area contributed by atoms with Gasteiger partial charge in [-0.15, -0.1) is 0 Å². The average molecular weight is 595 g/mol. The molecule has 0 aliphatic carbocycles. The Morgan fingerprint density at radius 1 is 1.12 bits per heavy atom. The molecular weight excluding hydrogens is 569 g/mol. The van der Waals surface area contributed by atoms with E-state index in [1.54, 1.807) is 36.2 Å². The molecule has 3 aromatic rings. The normalized spacial score (nSPS) is 14.0. The number of benzene rings is 2. The number of pyridine rings is 1. The van der Waals surface area contributed by atoms with E-state index in [1.807, 2.05) is 0 Å². The lowest BCUT2D eigenvalue weighted by molar-refractivity contribution is -0.137. The molecule has 4 rings (SSSR count). The number of aromatic nitrogens is 1. The first-order valence-electron chi connectivity index (χ1n) is 12.3. The third-order valence-corrected chi connectivity index (χ3v) is 8.60. The summed E-state index contributed by atoms with van der Waals surface area (Å²) in [5, 5.41) is 3.20. The second kappa shape index (κ2) is 11.9. The molecule has 1 N–H and O–H groups in total. The highest BCUT2D eigenvalue weighted by Gasteiger charge is 2.33. The first-order chi connectivity index (χ1) is 18.9. The Morgan fingerprint density at radius 2 is 1.85 bits per heavy atom. The van der Waals surface area contributed by atoms with Crippen LogP contribution in [0.5, 0.6) is 0 Å². The van der Waals surface area contributed by atoms with E-state index in [4.69, 9.17) is 11.6 Å². The lowest BCUT2D eigenvalue weighted by atomic mass is 10.2. The summed E-state index contributed by atoms with van der Waals surface area (Å²) in [6.45, 7) is 1.65. The van der Waals surface area contributed by atoms with Crippen LogP contribution >= 0.6 is 11.6 Å². The zero-order chi connectivity index (χ0) is 29.1. The number of ketones is 1. The van der Waals surface area contributed by atoms with E-state index in [2.05, 4.69) is 10.3 Å². The maximum absolute atomic E-state index is 13.5. The summed E-state index contributed by atoms with van der Waals surface area (Å²) >= 11 is 6.20. The van der Waals surface area contributed by atoms with Crippen LogP contribution in [0.3, 0.4) is 0 Å². The lowest BCUT2D eigenvalue weighted by Gasteiger charge is -2.26. The van der Waals surface area contributed by atoms with Gasteiger partial charge in [-0.05, 0) is 67.4 Å². The second-order valence-corrected chi connectivity index (χ2v) is 11.5. The molecule has 0 spiro atoms. The molecule has 2 heterocycles. The van der Waals surface area contributed by atoms with Crippen molar-refractivity contribution >= 4 is 44.7 Å². The van der Waals surface area contributed by atoms with Gasteiger partial charge in [-0.2, -0.15) is 13.2 Å². The van der Waals surface area contributed by atoms with Gasteiger partial charge in [-0.1, -0.05) is 17.7 Å². The Kier molecular flexibility index (Phi) is 8.81. The van der Waals surface area contributed by atoms with Gasteiger partial charge in [-0.25, -0.2) is 8.42 Å². The van der Waals surface area contributed by atoms with Gasteiger partial charge in [0, 0.05) is 24.5 Å². The van der Waals surface area contributed by atoms with E-state index >= 15 is 0 Å². The van der Waals surface area contributed by atoms with Crippen LogP contribution in [0.1, 0.15) is 29.7 Å². The molecule has 13 heteroatoms. The Hall–Kier alpha value is -3.48. The Bertz CT molecular complexity index is 1500. The first-order valence-corrected chi connectivity index (χ1v) is 14.1. The van der Waals surface area contributed by atoms with Crippen LogP contribution < -0.4 is 14.5 Å². The fourth-order valence-corrected chi connectivity index (χ4v) is 5.93. The van der Waals surface area contributed by atoms with Gasteiger partial charge in [0.2, 0.25) is 5.91 Å². The van der Waals surface area contributed by atoms with Crippen LogP contribution in [0.25, 0.3) is 0 Å². The predicted octanol–water partition coefficient (Wildman–Crippen LogP) is 4.74. The monoisotopic (exact) mass is 594 g/mol. The summed E-state index contributed by atoms with van der Waals surface area (Å²) in [6.07, 6.45) is -1.74. The number of nitrogens with one attached hydrogen (secondary N) is 1. The number of halogens is 4. The summed E-state index contributed by atoms with van der Waals surface area (Å²) in [4.78, 5) is 30.4. The number of hydrogen-bond donors (Lipinski definition) is 1. The molecule has 40 heavy (non-hydrogen) atoms. The number of anilines is 2. The molecule has 1 aliphatic rings. The van der Waals surface area contributed by atoms with Crippen molar-refractivity contribution in [2.75, 3.05) is 28.8 Å². The molecule has 1 saturated heterocycles. The number of hydrogen-bond acceptors (Lipinski definition) is 6. The van der Waals surface area contributed by atoms with Crippen LogP contribution in [-0.2, 0) is 32.3 Å². The highest BCUT2D eigenvalue weighted by Crippen LogP contribution is 2.33. The summed E-state index contributed by atoms with van der Waals surface area (Å²) in [5.74, 6) is -0.446. The number of sulfonamides is 1. The Labute approximate surface area is 234 Å². The van der Waals surface area contributed by atoms with Gasteiger partial charge < -0.3 is 10.2 Å². The molecule has 0 bridgehead atoms. The van der Waals surface area contributed by atoms with Gasteiger partial charge in [0.05, 0.1) is 46.8 Å². The van der Waals surface area contributed by atoms with E-state index in [0.29, 0.717) is 42.0 Å². The van der Waals surface area contributed by atoms with Crippen molar-refractivity contribution < 1.29 is 31.2 Å². The molecule has 1 aromatic heterocycles. The number of amides is 1. The minimum atomic E-state index is -4.63. The van der Waals surface area contributed by atoms with Gasteiger partial charge >= 0.3 is 6.18 Å². The number of Topliss-reactive ketones (excluding diaryl/α,β-unsaturated/α-hetero) is 1. The van der Waals surface area contributed by atoms with Crippen LogP contribution in [0, 0.1) is 6.92 Å². The van der Waals surface area contributed by atoms with Crippen molar-refractivity contribution in [1.82, 2.24) is 10.3 Å². The maximum Gasteiger partial charge on any atom is 0.416 e. The zero-order valence-corrected chi connectivity index (χ0v) is 23.0. The summed E-state index contributed by atoms with van der Waals surface area (Å²) in [7, 11) is -4.43. The highest BCUT2D eigenvalue weighted by molar-refractivity contribution is 7.92. The largest absolute Gasteiger partial charge is 0.416 e. The summed E-state index contributed by atoms with van der Waals surface area (Å²) in [5.41, 5.74) is 0.841. The third-order valence-electron chi connectivity index (χ3n) is 6.42. The Balaban J connectivity index is 1.48. The molecule has 1 aliphatic heterocycles. The van der Waals surface area contributed by atoms with Gasteiger partial charge in [0.15, 0.2) is 5.78 Å². The van der Waals surface area contributed by atoms with Crippen molar-refractivity contribution in [3.8, 4) is 0 Å². The molecule has 0 saturated carbocycles. The van der Waals surface area contributed by atoms with Crippen LogP contribution in [-0.4, -0.2) is 44.7 Å². The number of alkyl halides is 3.